The molecular weight excluding hydrogens is 162 g/mol. The van der Waals surface area contributed by atoms with Crippen molar-refractivity contribution in [3.63, 3.8) is 0 Å². The van der Waals surface area contributed by atoms with Gasteiger partial charge >= 0.3 is 0 Å². The van der Waals surface area contributed by atoms with Crippen molar-refractivity contribution in [3.8, 4) is 0 Å². The second kappa shape index (κ2) is 4.21. The number of hydrogen-bond donors (Lipinski definition) is 1. The first kappa shape index (κ1) is 9.96. The van der Waals surface area contributed by atoms with Crippen LogP contribution in [0, 0.1) is 6.92 Å². The van der Waals surface area contributed by atoms with Crippen LogP contribution in [0.3, 0.4) is 0 Å². The summed E-state index contributed by atoms with van der Waals surface area (Å²) in [4.78, 5) is 8.66. The summed E-state index contributed by atoms with van der Waals surface area (Å²) in [6.45, 7) is 6.18. The zero-order valence-corrected chi connectivity index (χ0v) is 8.59. The normalized spacial score (nSPS) is 10.4. The highest BCUT2D eigenvalue weighted by Gasteiger charge is 2.06. The Bertz CT molecular complexity index is 271. The molecule has 0 aliphatic carbocycles. The predicted molar refractivity (Wildman–Crippen MR) is 54.6 cm³/mol. The van der Waals surface area contributed by atoms with Crippen LogP contribution in [0.1, 0.15) is 37.4 Å². The zero-order valence-electron chi connectivity index (χ0n) is 8.59. The average molecular weight is 179 g/mol. The van der Waals surface area contributed by atoms with Gasteiger partial charge in [0.05, 0.1) is 0 Å². The molecule has 3 heteroatoms. The van der Waals surface area contributed by atoms with Crippen LogP contribution < -0.4 is 5.73 Å². The lowest BCUT2D eigenvalue weighted by molar-refractivity contribution is 0.817. The van der Waals surface area contributed by atoms with Crippen molar-refractivity contribution in [3.05, 3.63) is 17.1 Å². The lowest BCUT2D eigenvalue weighted by Gasteiger charge is -2.07. The van der Waals surface area contributed by atoms with Crippen LogP contribution in [-0.2, 0) is 12.8 Å². The molecule has 0 aromatic carbocycles. The van der Waals surface area contributed by atoms with Crippen molar-refractivity contribution in [2.45, 2.75) is 40.0 Å². The molecule has 1 aromatic heterocycles. The van der Waals surface area contributed by atoms with E-state index < -0.39 is 0 Å². The average Bonchev–Trinajstić information content (AvgIpc) is 2.04. The predicted octanol–water partition coefficient (Wildman–Crippen LogP) is 1.88. The third kappa shape index (κ3) is 2.17. The molecule has 0 radical (unpaired) electrons. The van der Waals surface area contributed by atoms with Gasteiger partial charge in [-0.25, -0.2) is 9.97 Å². The number of rotatable bonds is 3. The summed E-state index contributed by atoms with van der Waals surface area (Å²) < 4.78 is 0. The van der Waals surface area contributed by atoms with Crippen LogP contribution in [0.25, 0.3) is 0 Å². The molecular formula is C10H17N3. The minimum atomic E-state index is 0.651. The van der Waals surface area contributed by atoms with Gasteiger partial charge in [0.15, 0.2) is 0 Å². The van der Waals surface area contributed by atoms with Crippen LogP contribution in [0.5, 0.6) is 0 Å². The molecule has 0 aliphatic heterocycles. The molecule has 1 heterocycles. The van der Waals surface area contributed by atoms with Gasteiger partial charge < -0.3 is 5.73 Å². The van der Waals surface area contributed by atoms with E-state index in [1.165, 1.54) is 0 Å². The fourth-order valence-corrected chi connectivity index (χ4v) is 1.45. The van der Waals surface area contributed by atoms with E-state index in [2.05, 4.69) is 23.8 Å². The van der Waals surface area contributed by atoms with Gasteiger partial charge in [0, 0.05) is 17.7 Å². The molecule has 0 bridgehead atoms. The molecule has 72 valence electrons. The largest absolute Gasteiger partial charge is 0.383 e. The van der Waals surface area contributed by atoms with E-state index in [0.29, 0.717) is 5.82 Å². The highest BCUT2D eigenvalue weighted by Crippen LogP contribution is 2.13. The van der Waals surface area contributed by atoms with Gasteiger partial charge in [-0.1, -0.05) is 13.8 Å². The van der Waals surface area contributed by atoms with Gasteiger partial charge in [-0.3, -0.25) is 0 Å². The van der Waals surface area contributed by atoms with Crippen molar-refractivity contribution in [1.29, 1.82) is 0 Å². The molecule has 0 fully saturated rings. The van der Waals surface area contributed by atoms with E-state index in [1.54, 1.807) is 0 Å². The molecule has 0 amide bonds. The van der Waals surface area contributed by atoms with E-state index in [1.807, 2.05) is 6.92 Å². The minimum Gasteiger partial charge on any atom is -0.383 e. The number of aromatic nitrogens is 2. The zero-order chi connectivity index (χ0) is 9.84. The summed E-state index contributed by atoms with van der Waals surface area (Å²) in [7, 11) is 0. The smallest absolute Gasteiger partial charge is 0.130 e. The Hall–Kier alpha value is -1.12. The fourth-order valence-electron chi connectivity index (χ4n) is 1.45. The van der Waals surface area contributed by atoms with Crippen molar-refractivity contribution in [1.82, 2.24) is 9.97 Å². The summed E-state index contributed by atoms with van der Waals surface area (Å²) in [5.74, 6) is 1.52. The van der Waals surface area contributed by atoms with Crippen LogP contribution in [0.2, 0.25) is 0 Å². The standard InChI is InChI=1S/C10H17N3/c1-4-6-9-12-7(3)8(5-2)10(11)13-9/h4-6H2,1-3H3,(H2,11,12,13). The first-order valence-electron chi connectivity index (χ1n) is 4.80. The number of aryl methyl sites for hydroxylation is 2. The van der Waals surface area contributed by atoms with Gasteiger partial charge in [0.1, 0.15) is 11.6 Å². The quantitative estimate of drug-likeness (QED) is 0.770. The third-order valence-electron chi connectivity index (χ3n) is 2.12. The van der Waals surface area contributed by atoms with Gasteiger partial charge in [-0.15, -0.1) is 0 Å². The molecule has 1 aromatic rings. The van der Waals surface area contributed by atoms with E-state index in [4.69, 9.17) is 5.73 Å². The number of anilines is 1. The van der Waals surface area contributed by atoms with Gasteiger partial charge in [-0.05, 0) is 19.8 Å². The highest BCUT2D eigenvalue weighted by atomic mass is 14.9. The summed E-state index contributed by atoms with van der Waals surface area (Å²) in [6.07, 6.45) is 2.88. The first-order chi connectivity index (χ1) is 6.19. The fraction of sp³-hybridized carbons (Fsp3) is 0.600. The second-order valence-electron chi connectivity index (χ2n) is 3.19. The number of nitrogens with zero attached hydrogens (tertiary/aromatic N) is 2. The Morgan fingerprint density at radius 1 is 1.23 bits per heavy atom. The monoisotopic (exact) mass is 179 g/mol. The Balaban J connectivity index is 3.05. The Kier molecular flexibility index (Phi) is 3.23. The van der Waals surface area contributed by atoms with Gasteiger partial charge in [0.2, 0.25) is 0 Å². The van der Waals surface area contributed by atoms with Gasteiger partial charge in [-0.2, -0.15) is 0 Å². The first-order valence-corrected chi connectivity index (χ1v) is 4.80. The molecule has 0 unspecified atom stereocenters. The Labute approximate surface area is 79.4 Å². The van der Waals surface area contributed by atoms with Crippen LogP contribution in [-0.4, -0.2) is 9.97 Å². The van der Waals surface area contributed by atoms with E-state index >= 15 is 0 Å². The summed E-state index contributed by atoms with van der Waals surface area (Å²) in [5, 5.41) is 0. The SMILES string of the molecule is CCCc1nc(C)c(CC)c(N)n1. The maximum atomic E-state index is 5.81. The summed E-state index contributed by atoms with van der Waals surface area (Å²) in [5.41, 5.74) is 7.92. The maximum Gasteiger partial charge on any atom is 0.130 e. The van der Waals surface area contributed by atoms with Crippen molar-refractivity contribution >= 4 is 5.82 Å². The van der Waals surface area contributed by atoms with Crippen molar-refractivity contribution in [2.24, 2.45) is 0 Å². The molecule has 2 N–H and O–H groups in total. The molecule has 3 nitrogen and oxygen atoms in total. The second-order valence-corrected chi connectivity index (χ2v) is 3.19. The Morgan fingerprint density at radius 3 is 2.38 bits per heavy atom. The molecule has 1 rings (SSSR count). The minimum absolute atomic E-state index is 0.651. The van der Waals surface area contributed by atoms with E-state index in [-0.39, 0.29) is 0 Å². The maximum absolute atomic E-state index is 5.81. The molecule has 0 spiro atoms. The highest BCUT2D eigenvalue weighted by molar-refractivity contribution is 5.41. The lowest BCUT2D eigenvalue weighted by Crippen LogP contribution is -2.06. The molecule has 0 aliphatic rings. The lowest BCUT2D eigenvalue weighted by atomic mass is 10.1. The van der Waals surface area contributed by atoms with Crippen molar-refractivity contribution in [2.75, 3.05) is 5.73 Å². The van der Waals surface area contributed by atoms with Crippen LogP contribution in [0.15, 0.2) is 0 Å². The molecule has 0 saturated carbocycles. The van der Waals surface area contributed by atoms with Crippen LogP contribution in [0.4, 0.5) is 5.82 Å². The number of nitrogens with two attached hydrogens (primary N) is 1. The van der Waals surface area contributed by atoms with E-state index in [9.17, 15) is 0 Å². The van der Waals surface area contributed by atoms with Crippen molar-refractivity contribution < 1.29 is 0 Å². The van der Waals surface area contributed by atoms with E-state index in [0.717, 1.165) is 36.3 Å². The Morgan fingerprint density at radius 2 is 1.92 bits per heavy atom. The van der Waals surface area contributed by atoms with Crippen LogP contribution >= 0.6 is 0 Å². The van der Waals surface area contributed by atoms with Gasteiger partial charge in [0.25, 0.3) is 0 Å². The molecule has 0 saturated heterocycles. The third-order valence-corrected chi connectivity index (χ3v) is 2.12. The molecule has 13 heavy (non-hydrogen) atoms. The summed E-state index contributed by atoms with van der Waals surface area (Å²) >= 11 is 0. The topological polar surface area (TPSA) is 51.8 Å². The summed E-state index contributed by atoms with van der Waals surface area (Å²) in [6, 6.07) is 0. The number of hydrogen-bond acceptors (Lipinski definition) is 3. The number of nitrogen functional groups attached to an aromatic ring is 1. The molecule has 0 atom stereocenters.